The smallest absolute Gasteiger partial charge is 0.332 e. The molecule has 0 unspecified atom stereocenters. The van der Waals surface area contributed by atoms with E-state index in [1.165, 1.54) is 11.6 Å². The zero-order valence-electron chi connectivity index (χ0n) is 16.8. The normalized spacial score (nSPS) is 11.3. The van der Waals surface area contributed by atoms with E-state index in [0.717, 1.165) is 28.1 Å². The summed E-state index contributed by atoms with van der Waals surface area (Å²) in [6, 6.07) is 7.67. The lowest BCUT2D eigenvalue weighted by Gasteiger charge is -2.11. The van der Waals surface area contributed by atoms with Gasteiger partial charge in [0, 0.05) is 33.7 Å². The second kappa shape index (κ2) is 8.43. The van der Waals surface area contributed by atoms with Crippen molar-refractivity contribution in [2.24, 2.45) is 14.1 Å². The molecule has 0 aliphatic heterocycles. The van der Waals surface area contributed by atoms with Crippen LogP contribution in [0.2, 0.25) is 0 Å². The maximum Gasteiger partial charge on any atom is 0.332 e. The molecule has 0 fully saturated rings. The van der Waals surface area contributed by atoms with E-state index in [4.69, 9.17) is 9.47 Å². The lowest BCUT2D eigenvalue weighted by Crippen LogP contribution is -2.37. The summed E-state index contributed by atoms with van der Waals surface area (Å²) >= 11 is 0. The van der Waals surface area contributed by atoms with Crippen LogP contribution in [-0.2, 0) is 31.8 Å². The third-order valence-electron chi connectivity index (χ3n) is 4.75. The van der Waals surface area contributed by atoms with Crippen LogP contribution in [0.1, 0.15) is 24.7 Å². The average molecular weight is 386 g/mol. The van der Waals surface area contributed by atoms with Gasteiger partial charge in [0.1, 0.15) is 11.6 Å². The molecule has 150 valence electrons. The third kappa shape index (κ3) is 3.73. The van der Waals surface area contributed by atoms with Gasteiger partial charge in [-0.2, -0.15) is 0 Å². The lowest BCUT2D eigenvalue weighted by molar-refractivity contribution is 0.136. The summed E-state index contributed by atoms with van der Waals surface area (Å²) in [5, 5.41) is 0. The molecule has 0 bridgehead atoms. The number of hydrogen-bond acceptors (Lipinski definition) is 5. The minimum atomic E-state index is -0.389. The Labute approximate surface area is 163 Å². The van der Waals surface area contributed by atoms with Gasteiger partial charge in [0.2, 0.25) is 0 Å². The van der Waals surface area contributed by atoms with Crippen LogP contribution in [0, 0.1) is 0 Å². The van der Waals surface area contributed by atoms with Gasteiger partial charge in [-0.1, -0.05) is 19.1 Å². The number of nitrogens with zero attached hydrogens (tertiary/aromatic N) is 4. The summed E-state index contributed by atoms with van der Waals surface area (Å²) < 4.78 is 15.2. The van der Waals surface area contributed by atoms with Gasteiger partial charge in [-0.05, 0) is 24.1 Å². The van der Waals surface area contributed by atoms with E-state index in [9.17, 15) is 9.59 Å². The topological polar surface area (TPSA) is 80.3 Å². The van der Waals surface area contributed by atoms with Crippen molar-refractivity contribution in [3.8, 4) is 5.75 Å². The maximum absolute atomic E-state index is 12.8. The van der Waals surface area contributed by atoms with Crippen molar-refractivity contribution < 1.29 is 9.47 Å². The van der Waals surface area contributed by atoms with E-state index in [1.807, 2.05) is 28.8 Å². The highest BCUT2D eigenvalue weighted by atomic mass is 16.5. The van der Waals surface area contributed by atoms with E-state index in [0.29, 0.717) is 37.3 Å². The van der Waals surface area contributed by atoms with Gasteiger partial charge in [0.15, 0.2) is 11.2 Å². The van der Waals surface area contributed by atoms with Gasteiger partial charge in [-0.25, -0.2) is 9.78 Å². The molecule has 1 aromatic carbocycles. The molecule has 3 rings (SSSR count). The largest absolute Gasteiger partial charge is 0.497 e. The standard InChI is InChI=1S/C20H26N4O4/c1-5-11-28-12-10-16-21-18-17(19(25)23(3)20(26)22(18)2)24(16)13-14-6-8-15(27-4)9-7-14/h6-9H,5,10-13H2,1-4H3. The Bertz CT molecular complexity index is 1080. The van der Waals surface area contributed by atoms with Gasteiger partial charge in [-0.3, -0.25) is 13.9 Å². The molecular weight excluding hydrogens is 360 g/mol. The summed E-state index contributed by atoms with van der Waals surface area (Å²) in [5.74, 6) is 1.49. The first-order valence-electron chi connectivity index (χ1n) is 9.33. The highest BCUT2D eigenvalue weighted by Crippen LogP contribution is 2.17. The van der Waals surface area contributed by atoms with E-state index in [-0.39, 0.29) is 11.2 Å². The van der Waals surface area contributed by atoms with Crippen LogP contribution in [0.3, 0.4) is 0 Å². The predicted molar refractivity (Wildman–Crippen MR) is 107 cm³/mol. The molecule has 0 saturated heterocycles. The summed E-state index contributed by atoms with van der Waals surface area (Å²) in [6.45, 7) is 3.71. The number of fused-ring (bicyclic) bond motifs is 1. The Kier molecular flexibility index (Phi) is 5.99. The fourth-order valence-corrected chi connectivity index (χ4v) is 3.18. The van der Waals surface area contributed by atoms with Crippen molar-refractivity contribution in [1.29, 1.82) is 0 Å². The quantitative estimate of drug-likeness (QED) is 0.548. The average Bonchev–Trinajstić information content (AvgIpc) is 3.07. The number of methoxy groups -OCH3 is 1. The molecule has 28 heavy (non-hydrogen) atoms. The van der Waals surface area contributed by atoms with Crippen molar-refractivity contribution in [1.82, 2.24) is 18.7 Å². The Morgan fingerprint density at radius 3 is 2.39 bits per heavy atom. The first-order valence-corrected chi connectivity index (χ1v) is 9.33. The number of aryl methyl sites for hydroxylation is 1. The Hall–Kier alpha value is -2.87. The van der Waals surface area contributed by atoms with E-state index < -0.39 is 0 Å². The molecule has 8 heteroatoms. The van der Waals surface area contributed by atoms with Crippen LogP contribution in [0.15, 0.2) is 33.9 Å². The molecule has 8 nitrogen and oxygen atoms in total. The fraction of sp³-hybridized carbons (Fsp3) is 0.450. The van der Waals surface area contributed by atoms with Crippen molar-refractivity contribution in [2.45, 2.75) is 26.3 Å². The molecule has 0 saturated carbocycles. The molecule has 0 aliphatic rings. The van der Waals surface area contributed by atoms with E-state index in [1.54, 1.807) is 14.2 Å². The maximum atomic E-state index is 12.8. The van der Waals surface area contributed by atoms with Gasteiger partial charge >= 0.3 is 5.69 Å². The number of imidazole rings is 1. The molecule has 2 aromatic heterocycles. The Balaban J connectivity index is 2.10. The number of hydrogen-bond donors (Lipinski definition) is 0. The van der Waals surface area contributed by atoms with Crippen molar-refractivity contribution in [2.75, 3.05) is 20.3 Å². The highest BCUT2D eigenvalue weighted by Gasteiger charge is 2.19. The summed E-state index contributed by atoms with van der Waals surface area (Å²) in [4.78, 5) is 29.7. The van der Waals surface area contributed by atoms with Crippen LogP contribution in [-0.4, -0.2) is 39.0 Å². The molecular formula is C20H26N4O4. The van der Waals surface area contributed by atoms with Crippen molar-refractivity contribution in [3.05, 3.63) is 56.5 Å². The molecule has 0 atom stereocenters. The van der Waals surface area contributed by atoms with Crippen LogP contribution in [0.5, 0.6) is 5.75 Å². The van der Waals surface area contributed by atoms with Crippen LogP contribution in [0.25, 0.3) is 11.2 Å². The van der Waals surface area contributed by atoms with Crippen molar-refractivity contribution >= 4 is 11.2 Å². The van der Waals surface area contributed by atoms with Gasteiger partial charge in [0.05, 0.1) is 13.7 Å². The molecule has 0 amide bonds. The number of aromatic nitrogens is 4. The Morgan fingerprint density at radius 1 is 1.04 bits per heavy atom. The second-order valence-electron chi connectivity index (χ2n) is 6.70. The van der Waals surface area contributed by atoms with Gasteiger partial charge in [-0.15, -0.1) is 0 Å². The molecule has 0 aliphatic carbocycles. The zero-order chi connectivity index (χ0) is 20.3. The molecule has 0 spiro atoms. The number of rotatable bonds is 8. The number of benzene rings is 1. The minimum Gasteiger partial charge on any atom is -0.497 e. The molecule has 0 N–H and O–H groups in total. The third-order valence-corrected chi connectivity index (χ3v) is 4.75. The number of ether oxygens (including phenoxy) is 2. The van der Waals surface area contributed by atoms with E-state index in [2.05, 4.69) is 11.9 Å². The van der Waals surface area contributed by atoms with Gasteiger partial charge in [0.25, 0.3) is 5.56 Å². The Morgan fingerprint density at radius 2 is 1.75 bits per heavy atom. The van der Waals surface area contributed by atoms with Gasteiger partial charge < -0.3 is 14.0 Å². The molecule has 0 radical (unpaired) electrons. The van der Waals surface area contributed by atoms with Crippen LogP contribution in [0.4, 0.5) is 0 Å². The van der Waals surface area contributed by atoms with Crippen molar-refractivity contribution in [3.63, 3.8) is 0 Å². The minimum absolute atomic E-state index is 0.347. The van der Waals surface area contributed by atoms with Crippen LogP contribution < -0.4 is 16.0 Å². The molecule has 3 aromatic rings. The molecule has 2 heterocycles. The monoisotopic (exact) mass is 386 g/mol. The lowest BCUT2D eigenvalue weighted by atomic mass is 10.2. The fourth-order valence-electron chi connectivity index (χ4n) is 3.18. The first kappa shape index (κ1) is 19.9. The second-order valence-corrected chi connectivity index (χ2v) is 6.70. The zero-order valence-corrected chi connectivity index (χ0v) is 16.8. The summed E-state index contributed by atoms with van der Waals surface area (Å²) in [7, 11) is 4.74. The SMILES string of the molecule is CCCOCCc1nc2c(c(=O)n(C)c(=O)n2C)n1Cc1ccc(OC)cc1. The highest BCUT2D eigenvalue weighted by molar-refractivity contribution is 5.71. The van der Waals surface area contributed by atoms with E-state index >= 15 is 0 Å². The van der Waals surface area contributed by atoms with Crippen LogP contribution >= 0.6 is 0 Å². The first-order chi connectivity index (χ1) is 13.5. The summed E-state index contributed by atoms with van der Waals surface area (Å²) in [6.07, 6.45) is 1.50. The summed E-state index contributed by atoms with van der Waals surface area (Å²) in [5.41, 5.74) is 1.09. The predicted octanol–water partition coefficient (Wildman–Crippen LogP) is 1.46.